The van der Waals surface area contributed by atoms with E-state index in [1.165, 1.54) is 18.6 Å². The van der Waals surface area contributed by atoms with Crippen LogP contribution in [0.15, 0.2) is 42.5 Å². The van der Waals surface area contributed by atoms with E-state index in [-0.39, 0.29) is 23.1 Å². The van der Waals surface area contributed by atoms with Crippen LogP contribution in [0, 0.1) is 6.92 Å². The minimum atomic E-state index is -4.50. The topological polar surface area (TPSA) is 33.2 Å². The van der Waals surface area contributed by atoms with E-state index in [2.05, 4.69) is 4.98 Å². The number of likely N-dealkylation sites (tertiary alicyclic amines) is 1. The summed E-state index contributed by atoms with van der Waals surface area (Å²) >= 11 is 0. The number of halogens is 3. The second-order valence-corrected chi connectivity index (χ2v) is 5.97. The maximum atomic E-state index is 12.7. The van der Waals surface area contributed by atoms with Crippen molar-refractivity contribution in [2.45, 2.75) is 25.4 Å². The van der Waals surface area contributed by atoms with Crippen molar-refractivity contribution in [1.29, 1.82) is 0 Å². The molecule has 0 bridgehead atoms. The Labute approximate surface area is 138 Å². The Kier molecular flexibility index (Phi) is 4.30. The highest BCUT2D eigenvalue weighted by molar-refractivity contribution is 5.95. The first-order valence-corrected chi connectivity index (χ1v) is 7.75. The van der Waals surface area contributed by atoms with E-state index in [1.807, 2.05) is 30.3 Å². The van der Waals surface area contributed by atoms with Crippen LogP contribution in [-0.2, 0) is 6.18 Å². The molecule has 0 saturated carbocycles. The highest BCUT2D eigenvalue weighted by Gasteiger charge is 2.34. The van der Waals surface area contributed by atoms with E-state index >= 15 is 0 Å². The molecule has 3 rings (SSSR count). The molecule has 24 heavy (non-hydrogen) atoms. The fourth-order valence-corrected chi connectivity index (χ4v) is 3.06. The van der Waals surface area contributed by atoms with Crippen LogP contribution < -0.4 is 0 Å². The Morgan fingerprint density at radius 2 is 1.88 bits per heavy atom. The zero-order valence-electron chi connectivity index (χ0n) is 13.2. The quantitative estimate of drug-likeness (QED) is 0.830. The second kappa shape index (κ2) is 6.26. The van der Waals surface area contributed by atoms with Crippen LogP contribution in [0.3, 0.4) is 0 Å². The summed E-state index contributed by atoms with van der Waals surface area (Å²) in [6.45, 7) is 2.61. The van der Waals surface area contributed by atoms with Crippen LogP contribution in [0.1, 0.15) is 39.6 Å². The summed E-state index contributed by atoms with van der Waals surface area (Å²) in [5.41, 5.74) is 0.546. The normalized spacial score (nSPS) is 18.0. The molecular formula is C18H17F3N2O. The standard InChI is InChI=1S/C18H17F3N2O/c1-12-15(7-8-16(22-12)18(19,20)21)17(24)23-10-9-14(11-23)13-5-3-2-4-6-13/h2-8,14H,9-11H2,1H3/t14-/m1/s1. The Morgan fingerprint density at radius 3 is 2.50 bits per heavy atom. The smallest absolute Gasteiger partial charge is 0.338 e. The van der Waals surface area contributed by atoms with Gasteiger partial charge in [0.15, 0.2) is 0 Å². The molecular weight excluding hydrogens is 317 g/mol. The van der Waals surface area contributed by atoms with Crippen LogP contribution >= 0.6 is 0 Å². The van der Waals surface area contributed by atoms with Crippen molar-refractivity contribution in [3.63, 3.8) is 0 Å². The third-order valence-electron chi connectivity index (χ3n) is 4.35. The van der Waals surface area contributed by atoms with E-state index in [1.54, 1.807) is 4.90 Å². The summed E-state index contributed by atoms with van der Waals surface area (Å²) in [6, 6.07) is 12.0. The molecule has 3 nitrogen and oxygen atoms in total. The zero-order valence-corrected chi connectivity index (χ0v) is 13.2. The third-order valence-corrected chi connectivity index (χ3v) is 4.35. The molecule has 1 aliphatic rings. The van der Waals surface area contributed by atoms with Gasteiger partial charge in [0.2, 0.25) is 0 Å². The average Bonchev–Trinajstić information content (AvgIpc) is 3.04. The predicted octanol–water partition coefficient (Wildman–Crippen LogP) is 4.04. The number of carbonyl (C=O) groups is 1. The molecule has 6 heteroatoms. The molecule has 2 heterocycles. The van der Waals surface area contributed by atoms with Crippen LogP contribution in [0.2, 0.25) is 0 Å². The van der Waals surface area contributed by atoms with Gasteiger partial charge in [-0.3, -0.25) is 4.79 Å². The van der Waals surface area contributed by atoms with E-state index in [0.29, 0.717) is 13.1 Å². The number of carbonyl (C=O) groups excluding carboxylic acids is 1. The van der Waals surface area contributed by atoms with Crippen molar-refractivity contribution < 1.29 is 18.0 Å². The number of aromatic nitrogens is 1. The number of hydrogen-bond donors (Lipinski definition) is 0. The number of rotatable bonds is 2. The molecule has 1 aromatic carbocycles. The molecule has 1 aliphatic heterocycles. The molecule has 0 spiro atoms. The van der Waals surface area contributed by atoms with E-state index in [4.69, 9.17) is 0 Å². The summed E-state index contributed by atoms with van der Waals surface area (Å²) in [5.74, 6) is 0.00465. The number of aryl methyl sites for hydroxylation is 1. The number of benzene rings is 1. The van der Waals surface area contributed by atoms with Gasteiger partial charge in [0.25, 0.3) is 5.91 Å². The number of amides is 1. The molecule has 0 aliphatic carbocycles. The molecule has 0 N–H and O–H groups in total. The van der Waals surface area contributed by atoms with Crippen LogP contribution in [0.4, 0.5) is 13.2 Å². The number of nitrogens with zero attached hydrogens (tertiary/aromatic N) is 2. The molecule has 1 atom stereocenters. The highest BCUT2D eigenvalue weighted by atomic mass is 19.4. The maximum Gasteiger partial charge on any atom is 0.433 e. The summed E-state index contributed by atoms with van der Waals surface area (Å²) in [5, 5.41) is 0. The molecule has 0 unspecified atom stereocenters. The molecule has 1 aromatic heterocycles. The van der Waals surface area contributed by atoms with E-state index < -0.39 is 11.9 Å². The van der Waals surface area contributed by atoms with Gasteiger partial charge in [-0.05, 0) is 31.0 Å². The fourth-order valence-electron chi connectivity index (χ4n) is 3.06. The van der Waals surface area contributed by atoms with Crippen molar-refractivity contribution in [2.24, 2.45) is 0 Å². The first kappa shape index (κ1) is 16.5. The number of alkyl halides is 3. The Hall–Kier alpha value is -2.37. The molecule has 0 radical (unpaired) electrons. The molecule has 1 fully saturated rings. The summed E-state index contributed by atoms with van der Waals surface area (Å²) < 4.78 is 38.0. The Balaban J connectivity index is 1.76. The largest absolute Gasteiger partial charge is 0.433 e. The van der Waals surface area contributed by atoms with Crippen molar-refractivity contribution in [3.8, 4) is 0 Å². The van der Waals surface area contributed by atoms with E-state index in [9.17, 15) is 18.0 Å². The van der Waals surface area contributed by atoms with Crippen molar-refractivity contribution in [3.05, 3.63) is 65.0 Å². The highest BCUT2D eigenvalue weighted by Crippen LogP contribution is 2.30. The van der Waals surface area contributed by atoms with Gasteiger partial charge in [-0.2, -0.15) is 13.2 Å². The fraction of sp³-hybridized carbons (Fsp3) is 0.333. The Morgan fingerprint density at radius 1 is 1.17 bits per heavy atom. The van der Waals surface area contributed by atoms with Gasteiger partial charge in [0, 0.05) is 19.0 Å². The summed E-state index contributed by atoms with van der Waals surface area (Å²) in [7, 11) is 0. The Bertz CT molecular complexity index is 744. The van der Waals surface area contributed by atoms with Crippen molar-refractivity contribution in [2.75, 3.05) is 13.1 Å². The van der Waals surface area contributed by atoms with Gasteiger partial charge in [-0.1, -0.05) is 30.3 Å². The lowest BCUT2D eigenvalue weighted by Gasteiger charge is -2.18. The second-order valence-electron chi connectivity index (χ2n) is 5.97. The lowest BCUT2D eigenvalue weighted by molar-refractivity contribution is -0.141. The molecule has 126 valence electrons. The first-order valence-electron chi connectivity index (χ1n) is 7.75. The average molecular weight is 334 g/mol. The van der Waals surface area contributed by atoms with Gasteiger partial charge in [0.05, 0.1) is 11.3 Å². The molecule has 1 saturated heterocycles. The number of hydrogen-bond acceptors (Lipinski definition) is 2. The van der Waals surface area contributed by atoms with Crippen molar-refractivity contribution >= 4 is 5.91 Å². The number of pyridine rings is 1. The summed E-state index contributed by atoms with van der Waals surface area (Å²) in [4.78, 5) is 17.8. The van der Waals surface area contributed by atoms with Crippen molar-refractivity contribution in [1.82, 2.24) is 9.88 Å². The van der Waals surface area contributed by atoms with Gasteiger partial charge in [0.1, 0.15) is 5.69 Å². The lowest BCUT2D eigenvalue weighted by atomic mass is 9.99. The zero-order chi connectivity index (χ0) is 17.3. The predicted molar refractivity (Wildman–Crippen MR) is 83.7 cm³/mol. The van der Waals surface area contributed by atoms with Crippen LogP contribution in [-0.4, -0.2) is 28.9 Å². The monoisotopic (exact) mass is 334 g/mol. The van der Waals surface area contributed by atoms with Gasteiger partial charge in [-0.25, -0.2) is 4.98 Å². The van der Waals surface area contributed by atoms with Crippen LogP contribution in [0.5, 0.6) is 0 Å². The van der Waals surface area contributed by atoms with Gasteiger partial charge in [-0.15, -0.1) is 0 Å². The third kappa shape index (κ3) is 3.27. The first-order chi connectivity index (χ1) is 11.4. The molecule has 1 amide bonds. The van der Waals surface area contributed by atoms with Gasteiger partial charge >= 0.3 is 6.18 Å². The van der Waals surface area contributed by atoms with Crippen LogP contribution in [0.25, 0.3) is 0 Å². The summed E-state index contributed by atoms with van der Waals surface area (Å²) in [6.07, 6.45) is -3.65. The minimum Gasteiger partial charge on any atom is -0.338 e. The SMILES string of the molecule is Cc1nc(C(F)(F)F)ccc1C(=O)N1CC[C@@H](c2ccccc2)C1. The van der Waals surface area contributed by atoms with Gasteiger partial charge < -0.3 is 4.90 Å². The lowest BCUT2D eigenvalue weighted by Crippen LogP contribution is -2.29. The minimum absolute atomic E-state index is 0.109. The molecule has 2 aromatic rings. The maximum absolute atomic E-state index is 12.7. The van der Waals surface area contributed by atoms with E-state index in [0.717, 1.165) is 12.5 Å².